The molecule has 0 aliphatic carbocycles. The predicted molar refractivity (Wildman–Crippen MR) is 61.7 cm³/mol. The van der Waals surface area contributed by atoms with Gasteiger partial charge < -0.3 is 5.73 Å². The van der Waals surface area contributed by atoms with E-state index in [1.54, 1.807) is 0 Å². The van der Waals surface area contributed by atoms with Crippen molar-refractivity contribution in [2.24, 2.45) is 10.7 Å². The number of carbonyl (C=O) groups is 1. The number of hydrogen-bond acceptors (Lipinski definition) is 2. The zero-order valence-electron chi connectivity index (χ0n) is 9.23. The molecule has 0 saturated heterocycles. The van der Waals surface area contributed by atoms with Gasteiger partial charge in [-0.25, -0.2) is 13.6 Å². The zero-order chi connectivity index (χ0) is 13.3. The van der Waals surface area contributed by atoms with E-state index in [0.717, 1.165) is 17.0 Å². The molecule has 0 saturated carbocycles. The second kappa shape index (κ2) is 4.45. The largest absolute Gasteiger partial charge is 0.385 e. The lowest BCUT2D eigenvalue weighted by atomic mass is 10.0. The highest BCUT2D eigenvalue weighted by atomic mass is 19.1. The summed E-state index contributed by atoms with van der Waals surface area (Å²) < 4.78 is 26.5. The van der Waals surface area contributed by atoms with Crippen molar-refractivity contribution in [2.75, 3.05) is 6.54 Å². The van der Waals surface area contributed by atoms with Crippen molar-refractivity contribution >= 4 is 11.9 Å². The molecule has 0 bridgehead atoms. The van der Waals surface area contributed by atoms with Crippen LogP contribution in [-0.4, -0.2) is 23.3 Å². The van der Waals surface area contributed by atoms with E-state index in [4.69, 9.17) is 12.2 Å². The Morgan fingerprint density at radius 3 is 2.83 bits per heavy atom. The summed E-state index contributed by atoms with van der Waals surface area (Å²) in [4.78, 5) is 16.2. The summed E-state index contributed by atoms with van der Waals surface area (Å²) in [5, 5.41) is 0. The summed E-state index contributed by atoms with van der Waals surface area (Å²) in [7, 11) is 0. The van der Waals surface area contributed by atoms with Gasteiger partial charge in [-0.1, -0.05) is 12.0 Å². The molecule has 1 aromatic rings. The van der Waals surface area contributed by atoms with Crippen molar-refractivity contribution in [3.63, 3.8) is 0 Å². The van der Waals surface area contributed by atoms with Crippen molar-refractivity contribution in [1.82, 2.24) is 4.90 Å². The van der Waals surface area contributed by atoms with Crippen LogP contribution in [0, 0.1) is 24.0 Å². The average molecular weight is 249 g/mol. The van der Waals surface area contributed by atoms with E-state index in [1.165, 1.54) is 6.07 Å². The lowest BCUT2D eigenvalue weighted by Gasteiger charge is -2.22. The van der Waals surface area contributed by atoms with E-state index in [1.807, 2.05) is 0 Å². The van der Waals surface area contributed by atoms with Gasteiger partial charge in [0.1, 0.15) is 23.5 Å². The summed E-state index contributed by atoms with van der Waals surface area (Å²) in [5.74, 6) is 0.711. The van der Waals surface area contributed by atoms with Gasteiger partial charge in [-0.15, -0.1) is 6.42 Å². The van der Waals surface area contributed by atoms with Crippen LogP contribution in [0.3, 0.4) is 0 Å². The number of amidine groups is 1. The molecule has 2 amide bonds. The molecule has 0 aromatic heterocycles. The fourth-order valence-corrected chi connectivity index (χ4v) is 1.81. The molecule has 1 aliphatic heterocycles. The van der Waals surface area contributed by atoms with Gasteiger partial charge in [0.25, 0.3) is 0 Å². The maximum atomic E-state index is 13.7. The molecule has 6 heteroatoms. The zero-order valence-corrected chi connectivity index (χ0v) is 9.23. The number of urea groups is 1. The summed E-state index contributed by atoms with van der Waals surface area (Å²) in [6, 6.07) is 1.52. The third-order valence-electron chi connectivity index (χ3n) is 2.58. The number of halogens is 2. The maximum absolute atomic E-state index is 13.7. The Bertz CT molecular complexity index is 577. The molecule has 1 atom stereocenters. The van der Waals surface area contributed by atoms with Gasteiger partial charge in [0, 0.05) is 11.6 Å². The monoisotopic (exact) mass is 249 g/mol. The van der Waals surface area contributed by atoms with Gasteiger partial charge >= 0.3 is 6.03 Å². The van der Waals surface area contributed by atoms with Crippen LogP contribution in [0.5, 0.6) is 0 Å². The lowest BCUT2D eigenvalue weighted by Crippen LogP contribution is -2.34. The quantitative estimate of drug-likeness (QED) is 0.806. The first-order valence-corrected chi connectivity index (χ1v) is 5.07. The highest BCUT2D eigenvalue weighted by Crippen LogP contribution is 2.28. The minimum atomic E-state index is -0.880. The number of rotatable bonds is 2. The Morgan fingerprint density at radius 1 is 1.50 bits per heavy atom. The molecular formula is C12H9F2N3O. The van der Waals surface area contributed by atoms with Crippen molar-refractivity contribution in [2.45, 2.75) is 6.04 Å². The van der Waals surface area contributed by atoms with Gasteiger partial charge in [0.05, 0.1) is 6.54 Å². The summed E-state index contributed by atoms with van der Waals surface area (Å²) in [6.45, 7) is -0.0511. The summed E-state index contributed by atoms with van der Waals surface area (Å²) in [6.07, 6.45) is 5.13. The SMILES string of the molecule is C#CCN1C(=O)N=C(N)C1c1ccc(F)cc1F. The van der Waals surface area contributed by atoms with Crippen molar-refractivity contribution in [3.05, 3.63) is 35.4 Å². The number of benzene rings is 1. The van der Waals surface area contributed by atoms with Gasteiger partial charge in [0.2, 0.25) is 0 Å². The smallest absolute Gasteiger partial charge is 0.346 e. The van der Waals surface area contributed by atoms with E-state index in [0.29, 0.717) is 0 Å². The third-order valence-corrected chi connectivity index (χ3v) is 2.58. The minimum absolute atomic E-state index is 0.0511. The second-order valence-corrected chi connectivity index (χ2v) is 3.72. The number of hydrogen-bond donors (Lipinski definition) is 1. The Kier molecular flexibility index (Phi) is 2.98. The predicted octanol–water partition coefficient (Wildman–Crippen LogP) is 1.43. The van der Waals surface area contributed by atoms with Crippen molar-refractivity contribution < 1.29 is 13.6 Å². The fraction of sp³-hybridized carbons (Fsp3) is 0.167. The molecule has 1 aliphatic rings. The number of nitrogens with zero attached hydrogens (tertiary/aromatic N) is 2. The number of aliphatic imine (C=N–C) groups is 1. The van der Waals surface area contributed by atoms with Crippen LogP contribution >= 0.6 is 0 Å². The van der Waals surface area contributed by atoms with E-state index < -0.39 is 23.7 Å². The Hall–Kier alpha value is -2.42. The normalized spacial score (nSPS) is 18.7. The summed E-state index contributed by atoms with van der Waals surface area (Å²) >= 11 is 0. The number of terminal acetylenes is 1. The Labute approximate surface area is 102 Å². The molecule has 0 spiro atoms. The molecule has 1 heterocycles. The van der Waals surface area contributed by atoms with E-state index in [-0.39, 0.29) is 17.9 Å². The third kappa shape index (κ3) is 1.91. The second-order valence-electron chi connectivity index (χ2n) is 3.72. The molecule has 0 radical (unpaired) electrons. The van der Waals surface area contributed by atoms with Crippen molar-refractivity contribution in [3.8, 4) is 12.3 Å². The number of nitrogens with two attached hydrogens (primary N) is 1. The van der Waals surface area contributed by atoms with E-state index in [9.17, 15) is 13.6 Å². The number of amides is 2. The van der Waals surface area contributed by atoms with Crippen LogP contribution in [0.1, 0.15) is 11.6 Å². The Morgan fingerprint density at radius 2 is 2.22 bits per heavy atom. The average Bonchev–Trinajstić information content (AvgIpc) is 2.56. The van der Waals surface area contributed by atoms with E-state index >= 15 is 0 Å². The fourth-order valence-electron chi connectivity index (χ4n) is 1.81. The van der Waals surface area contributed by atoms with Crippen LogP contribution in [-0.2, 0) is 0 Å². The molecule has 18 heavy (non-hydrogen) atoms. The first-order chi connectivity index (χ1) is 8.54. The van der Waals surface area contributed by atoms with Crippen LogP contribution in [0.25, 0.3) is 0 Å². The molecule has 4 nitrogen and oxygen atoms in total. The number of carbonyl (C=O) groups excluding carboxylic acids is 1. The molecule has 1 aromatic carbocycles. The first kappa shape index (κ1) is 12.0. The first-order valence-electron chi connectivity index (χ1n) is 5.07. The summed E-state index contributed by atoms with van der Waals surface area (Å²) in [5.41, 5.74) is 5.66. The molecule has 92 valence electrons. The van der Waals surface area contributed by atoms with Crippen LogP contribution in [0.2, 0.25) is 0 Å². The topological polar surface area (TPSA) is 58.7 Å². The van der Waals surface area contributed by atoms with E-state index in [2.05, 4.69) is 10.9 Å². The van der Waals surface area contributed by atoms with Gasteiger partial charge in [-0.05, 0) is 6.07 Å². The molecule has 0 fully saturated rings. The minimum Gasteiger partial charge on any atom is -0.385 e. The van der Waals surface area contributed by atoms with Gasteiger partial charge in [-0.3, -0.25) is 4.90 Å². The highest BCUT2D eigenvalue weighted by molar-refractivity contribution is 6.03. The van der Waals surface area contributed by atoms with Crippen LogP contribution < -0.4 is 5.73 Å². The maximum Gasteiger partial charge on any atom is 0.346 e. The van der Waals surface area contributed by atoms with Crippen LogP contribution in [0.4, 0.5) is 13.6 Å². The molecule has 2 rings (SSSR count). The molecule has 1 unspecified atom stereocenters. The van der Waals surface area contributed by atoms with Crippen molar-refractivity contribution in [1.29, 1.82) is 0 Å². The van der Waals surface area contributed by atoms with Gasteiger partial charge in [-0.2, -0.15) is 4.99 Å². The van der Waals surface area contributed by atoms with Gasteiger partial charge in [0.15, 0.2) is 0 Å². The highest BCUT2D eigenvalue weighted by Gasteiger charge is 2.35. The van der Waals surface area contributed by atoms with Crippen LogP contribution in [0.15, 0.2) is 23.2 Å². The molecule has 2 N–H and O–H groups in total. The molecular weight excluding hydrogens is 240 g/mol. The lowest BCUT2D eigenvalue weighted by molar-refractivity contribution is 0.213. The standard InChI is InChI=1S/C12H9F2N3O/c1-2-5-17-10(11(15)16-12(17)18)8-4-3-7(13)6-9(8)14/h1,3-4,6,10H,5H2,(H2,15,16,18). The Balaban J connectivity index is 2.45.